The maximum atomic E-state index is 12.7. The summed E-state index contributed by atoms with van der Waals surface area (Å²) in [6.07, 6.45) is 2.78. The molecule has 1 heterocycles. The van der Waals surface area contributed by atoms with Gasteiger partial charge in [-0.3, -0.25) is 0 Å². The van der Waals surface area contributed by atoms with Crippen LogP contribution < -0.4 is 4.74 Å². The van der Waals surface area contributed by atoms with Crippen LogP contribution in [0.15, 0.2) is 18.2 Å². The van der Waals surface area contributed by atoms with Crippen LogP contribution in [-0.4, -0.2) is 42.8 Å². The second-order valence-electron chi connectivity index (χ2n) is 11.1. The Morgan fingerprint density at radius 2 is 2.00 bits per heavy atom. The molecule has 170 valence electrons. The Morgan fingerprint density at radius 1 is 1.29 bits per heavy atom. The van der Waals surface area contributed by atoms with Gasteiger partial charge in [-0.2, -0.15) is 0 Å². The van der Waals surface area contributed by atoms with Crippen molar-refractivity contribution >= 4 is 24.7 Å². The van der Waals surface area contributed by atoms with Crippen LogP contribution >= 0.6 is 11.6 Å². The molecule has 4 aliphatic rings. The van der Waals surface area contributed by atoms with Crippen LogP contribution in [0.25, 0.3) is 0 Å². The van der Waals surface area contributed by atoms with E-state index in [1.165, 1.54) is 6.42 Å². The number of hydrogen-bond acceptors (Lipinski definition) is 5. The van der Waals surface area contributed by atoms with Gasteiger partial charge in [0.1, 0.15) is 16.9 Å². The minimum Gasteiger partial charge on any atom is -0.496 e. The minimum atomic E-state index is -0.584. The molecule has 5 atom stereocenters. The molecule has 0 unspecified atom stereocenters. The van der Waals surface area contributed by atoms with Gasteiger partial charge < -0.3 is 18.8 Å². The van der Waals surface area contributed by atoms with Crippen LogP contribution in [0.4, 0.5) is 0 Å². The molecule has 5 nitrogen and oxygen atoms in total. The van der Waals surface area contributed by atoms with Crippen LogP contribution in [0.2, 0.25) is 0 Å². The summed E-state index contributed by atoms with van der Waals surface area (Å²) in [7, 11) is 1.07. The van der Waals surface area contributed by atoms with Gasteiger partial charge >= 0.3 is 13.1 Å². The molecule has 31 heavy (non-hydrogen) atoms. The van der Waals surface area contributed by atoms with Crippen molar-refractivity contribution in [2.24, 2.45) is 17.3 Å². The molecule has 4 fully saturated rings. The summed E-state index contributed by atoms with van der Waals surface area (Å²) in [6, 6.07) is 5.47. The molecule has 0 radical (unpaired) electrons. The van der Waals surface area contributed by atoms with Crippen LogP contribution in [0.5, 0.6) is 5.75 Å². The van der Waals surface area contributed by atoms with Gasteiger partial charge in [0.25, 0.3) is 0 Å². The largest absolute Gasteiger partial charge is 0.496 e. The van der Waals surface area contributed by atoms with Crippen LogP contribution in [-0.2, 0) is 20.5 Å². The summed E-state index contributed by atoms with van der Waals surface area (Å²) in [5, 5.41) is -0.398. The first-order chi connectivity index (χ1) is 14.4. The number of carbonyl (C=O) groups is 1. The second kappa shape index (κ2) is 7.67. The van der Waals surface area contributed by atoms with Gasteiger partial charge in [-0.05, 0) is 75.8 Å². The summed E-state index contributed by atoms with van der Waals surface area (Å²) in [5.41, 5.74) is 0.645. The maximum Gasteiger partial charge on any atom is 0.477 e. The van der Waals surface area contributed by atoms with Crippen molar-refractivity contribution in [3.05, 3.63) is 29.3 Å². The molecule has 1 aliphatic heterocycles. The van der Waals surface area contributed by atoms with E-state index < -0.39 is 24.0 Å². The lowest BCUT2D eigenvalue weighted by Gasteiger charge is -2.64. The predicted octanol–water partition coefficient (Wildman–Crippen LogP) is 5.07. The number of alkyl halides is 1. The molecule has 3 aliphatic carbocycles. The van der Waals surface area contributed by atoms with Gasteiger partial charge in [0.05, 0.1) is 24.1 Å². The summed E-state index contributed by atoms with van der Waals surface area (Å²) in [4.78, 5) is 12.7. The Balaban J connectivity index is 1.50. The number of esters is 1. The van der Waals surface area contributed by atoms with Crippen molar-refractivity contribution < 1.29 is 23.6 Å². The zero-order valence-corrected chi connectivity index (χ0v) is 20.4. The molecule has 7 heteroatoms. The number of rotatable bonds is 5. The number of hydrogen-bond donors (Lipinski definition) is 0. The molecule has 2 bridgehead atoms. The average Bonchev–Trinajstić information content (AvgIpc) is 3.03. The van der Waals surface area contributed by atoms with E-state index in [1.807, 2.05) is 32.9 Å². The standard InChI is InChI=1S/C24H34BClO5/c1-22(2,3)29-21(27)16-10-8-9-14(20(16)28-7)11-19(26)25-30-18-13-15-12-17(23(15,4)5)24(18,6)31-25/h8-10,15,17-19H,11-13H2,1-7H3/t15-,17-,18+,19+,24-/m0/s1. The van der Waals surface area contributed by atoms with Crippen molar-refractivity contribution in [3.8, 4) is 5.75 Å². The number of benzene rings is 1. The quantitative estimate of drug-likeness (QED) is 0.358. The fraction of sp³-hybridized carbons (Fsp3) is 0.708. The number of methoxy groups -OCH3 is 1. The topological polar surface area (TPSA) is 54.0 Å². The third-order valence-electron chi connectivity index (χ3n) is 7.60. The van der Waals surface area contributed by atoms with E-state index in [1.54, 1.807) is 13.2 Å². The number of halogens is 1. The molecule has 0 N–H and O–H groups in total. The highest BCUT2D eigenvalue weighted by molar-refractivity contribution is 6.60. The zero-order valence-electron chi connectivity index (χ0n) is 19.7. The van der Waals surface area contributed by atoms with Gasteiger partial charge in [-0.15, -0.1) is 11.6 Å². The summed E-state index contributed by atoms with van der Waals surface area (Å²) >= 11 is 6.83. The number of carbonyl (C=O) groups excluding carboxylic acids is 1. The van der Waals surface area contributed by atoms with Crippen molar-refractivity contribution in [2.75, 3.05) is 7.11 Å². The lowest BCUT2D eigenvalue weighted by molar-refractivity contribution is -0.199. The molecule has 3 saturated carbocycles. The maximum absolute atomic E-state index is 12.7. The first-order valence-corrected chi connectivity index (χ1v) is 11.7. The van der Waals surface area contributed by atoms with Gasteiger partial charge in [-0.1, -0.05) is 26.0 Å². The molecule has 1 aromatic rings. The van der Waals surface area contributed by atoms with E-state index in [0.717, 1.165) is 12.0 Å². The lowest BCUT2D eigenvalue weighted by Crippen LogP contribution is -2.65. The summed E-state index contributed by atoms with van der Waals surface area (Å²) < 4.78 is 24.0. The third-order valence-corrected chi connectivity index (χ3v) is 7.96. The molecule has 1 saturated heterocycles. The Bertz CT molecular complexity index is 866. The summed E-state index contributed by atoms with van der Waals surface area (Å²) in [5.74, 6) is 1.26. The van der Waals surface area contributed by atoms with E-state index in [4.69, 9.17) is 30.4 Å². The lowest BCUT2D eigenvalue weighted by atomic mass is 9.43. The summed E-state index contributed by atoms with van der Waals surface area (Å²) in [6.45, 7) is 12.4. The highest BCUT2D eigenvalue weighted by Gasteiger charge is 2.68. The number of ether oxygens (including phenoxy) is 2. The Morgan fingerprint density at radius 3 is 2.61 bits per heavy atom. The molecule has 0 spiro atoms. The van der Waals surface area contributed by atoms with Gasteiger partial charge in [0.2, 0.25) is 0 Å². The van der Waals surface area contributed by atoms with E-state index in [-0.39, 0.29) is 17.1 Å². The van der Waals surface area contributed by atoms with Crippen molar-refractivity contribution in [3.63, 3.8) is 0 Å². The first-order valence-electron chi connectivity index (χ1n) is 11.2. The Hall–Kier alpha value is -1.24. The van der Waals surface area contributed by atoms with Crippen molar-refractivity contribution in [2.45, 2.75) is 83.4 Å². The highest BCUT2D eigenvalue weighted by Crippen LogP contribution is 2.65. The molecular formula is C24H34BClO5. The smallest absolute Gasteiger partial charge is 0.477 e. The normalized spacial score (nSPS) is 32.1. The van der Waals surface area contributed by atoms with Gasteiger partial charge in [0.15, 0.2) is 0 Å². The first kappa shape index (κ1) is 22.9. The van der Waals surface area contributed by atoms with Crippen LogP contribution in [0.3, 0.4) is 0 Å². The third kappa shape index (κ3) is 3.89. The zero-order chi connectivity index (χ0) is 22.8. The fourth-order valence-electron chi connectivity index (χ4n) is 5.84. The molecule has 0 aromatic heterocycles. The van der Waals surface area contributed by atoms with Crippen molar-refractivity contribution in [1.82, 2.24) is 0 Å². The van der Waals surface area contributed by atoms with E-state index in [2.05, 4.69) is 20.8 Å². The molecule has 0 amide bonds. The van der Waals surface area contributed by atoms with E-state index in [9.17, 15) is 4.79 Å². The molecular weight excluding hydrogens is 415 g/mol. The predicted molar refractivity (Wildman–Crippen MR) is 122 cm³/mol. The van der Waals surface area contributed by atoms with Crippen LogP contribution in [0, 0.1) is 17.3 Å². The SMILES string of the molecule is COc1c(C[C@@H](Cl)B2O[C@@H]3C[C@@H]4C[C@@H](C4(C)C)[C@]3(C)O2)cccc1C(=O)OC(C)(C)C. The monoisotopic (exact) mass is 448 g/mol. The van der Waals surface area contributed by atoms with Gasteiger partial charge in [0, 0.05) is 0 Å². The fourth-order valence-corrected chi connectivity index (χ4v) is 6.12. The number of para-hydroxylation sites is 1. The van der Waals surface area contributed by atoms with Crippen LogP contribution in [0.1, 0.15) is 70.3 Å². The van der Waals surface area contributed by atoms with Crippen molar-refractivity contribution in [1.29, 1.82) is 0 Å². The highest BCUT2D eigenvalue weighted by atomic mass is 35.5. The molecule has 1 aromatic carbocycles. The Kier molecular flexibility index (Phi) is 5.68. The van der Waals surface area contributed by atoms with Gasteiger partial charge in [-0.25, -0.2) is 4.79 Å². The average molecular weight is 449 g/mol. The minimum absolute atomic E-state index is 0.0884. The molecule has 5 rings (SSSR count). The van der Waals surface area contributed by atoms with E-state index >= 15 is 0 Å². The Labute approximate surface area is 191 Å². The second-order valence-corrected chi connectivity index (χ2v) is 11.6. The van der Waals surface area contributed by atoms with E-state index in [0.29, 0.717) is 29.6 Å².